The third kappa shape index (κ3) is 6.94. The second kappa shape index (κ2) is 9.21. The zero-order chi connectivity index (χ0) is 11.7. The molecule has 1 N–H and O–H groups in total. The first-order valence-corrected chi connectivity index (χ1v) is 6.88. The van der Waals surface area contributed by atoms with Gasteiger partial charge in [0, 0.05) is 6.04 Å². The molecule has 0 aromatic rings. The molecule has 15 heavy (non-hydrogen) atoms. The van der Waals surface area contributed by atoms with E-state index in [1.54, 1.807) is 0 Å². The van der Waals surface area contributed by atoms with E-state index >= 15 is 0 Å². The fourth-order valence-electron chi connectivity index (χ4n) is 2.10. The Bertz CT molecular complexity index is 133. The molecule has 1 heteroatoms. The van der Waals surface area contributed by atoms with Crippen LogP contribution in [0.15, 0.2) is 0 Å². The summed E-state index contributed by atoms with van der Waals surface area (Å²) >= 11 is 0. The molecule has 3 atom stereocenters. The van der Waals surface area contributed by atoms with Crippen molar-refractivity contribution in [3.63, 3.8) is 0 Å². The highest BCUT2D eigenvalue weighted by Crippen LogP contribution is 2.19. The van der Waals surface area contributed by atoms with E-state index in [-0.39, 0.29) is 0 Å². The number of hydrogen-bond acceptors (Lipinski definition) is 1. The molecule has 1 nitrogen and oxygen atoms in total. The number of nitrogens with one attached hydrogen (secondary N) is 1. The lowest BCUT2D eigenvalue weighted by Gasteiger charge is -2.27. The van der Waals surface area contributed by atoms with Gasteiger partial charge in [-0.2, -0.15) is 0 Å². The molecule has 0 aromatic heterocycles. The maximum atomic E-state index is 3.72. The Morgan fingerprint density at radius 3 is 2.13 bits per heavy atom. The van der Waals surface area contributed by atoms with Crippen LogP contribution in [0.1, 0.15) is 66.7 Å². The molecule has 0 fully saturated rings. The van der Waals surface area contributed by atoms with Crippen molar-refractivity contribution in [2.45, 2.75) is 72.8 Å². The van der Waals surface area contributed by atoms with Crippen molar-refractivity contribution < 1.29 is 0 Å². The van der Waals surface area contributed by atoms with Crippen LogP contribution in [0.3, 0.4) is 0 Å². The first-order valence-electron chi connectivity index (χ1n) is 6.88. The summed E-state index contributed by atoms with van der Waals surface area (Å²) in [6.45, 7) is 12.8. The maximum absolute atomic E-state index is 3.72. The molecule has 0 aliphatic carbocycles. The Kier molecular flexibility index (Phi) is 9.18. The molecule has 0 radical (unpaired) electrons. The SMILES string of the molecule is CCCNC(CC(C)CC)C(C)CCC. The van der Waals surface area contributed by atoms with Gasteiger partial charge in [-0.25, -0.2) is 0 Å². The van der Waals surface area contributed by atoms with E-state index < -0.39 is 0 Å². The minimum absolute atomic E-state index is 0.736. The minimum Gasteiger partial charge on any atom is -0.314 e. The maximum Gasteiger partial charge on any atom is 0.00952 e. The van der Waals surface area contributed by atoms with Gasteiger partial charge in [0.25, 0.3) is 0 Å². The monoisotopic (exact) mass is 213 g/mol. The summed E-state index contributed by atoms with van der Waals surface area (Å²) in [5.74, 6) is 1.69. The highest BCUT2D eigenvalue weighted by atomic mass is 14.9. The van der Waals surface area contributed by atoms with Crippen molar-refractivity contribution in [3.8, 4) is 0 Å². The van der Waals surface area contributed by atoms with Gasteiger partial charge in [0.1, 0.15) is 0 Å². The molecule has 0 heterocycles. The van der Waals surface area contributed by atoms with E-state index in [0.29, 0.717) is 0 Å². The Balaban J connectivity index is 4.03. The molecule has 0 saturated carbocycles. The topological polar surface area (TPSA) is 12.0 Å². The van der Waals surface area contributed by atoms with Crippen molar-refractivity contribution in [3.05, 3.63) is 0 Å². The van der Waals surface area contributed by atoms with E-state index in [2.05, 4.69) is 39.9 Å². The van der Waals surface area contributed by atoms with Crippen LogP contribution in [0.5, 0.6) is 0 Å². The molecule has 0 amide bonds. The first kappa shape index (κ1) is 15.0. The lowest BCUT2D eigenvalue weighted by molar-refractivity contribution is 0.297. The minimum atomic E-state index is 0.736. The van der Waals surface area contributed by atoms with Crippen LogP contribution in [0.25, 0.3) is 0 Å². The smallest absolute Gasteiger partial charge is 0.00952 e. The van der Waals surface area contributed by atoms with Crippen molar-refractivity contribution >= 4 is 0 Å². The van der Waals surface area contributed by atoms with Crippen LogP contribution in [-0.2, 0) is 0 Å². The predicted molar refractivity (Wildman–Crippen MR) is 70.2 cm³/mol. The Hall–Kier alpha value is -0.0400. The van der Waals surface area contributed by atoms with E-state index in [0.717, 1.165) is 17.9 Å². The highest BCUT2D eigenvalue weighted by Gasteiger charge is 2.17. The van der Waals surface area contributed by atoms with E-state index in [9.17, 15) is 0 Å². The van der Waals surface area contributed by atoms with Crippen LogP contribution in [0.2, 0.25) is 0 Å². The Morgan fingerprint density at radius 1 is 1.00 bits per heavy atom. The first-order chi connectivity index (χ1) is 7.15. The lowest BCUT2D eigenvalue weighted by Crippen LogP contribution is -2.36. The highest BCUT2D eigenvalue weighted by molar-refractivity contribution is 4.75. The summed E-state index contributed by atoms with van der Waals surface area (Å²) in [6.07, 6.45) is 6.57. The summed E-state index contributed by atoms with van der Waals surface area (Å²) in [6, 6.07) is 0.736. The van der Waals surface area contributed by atoms with Gasteiger partial charge in [-0.3, -0.25) is 0 Å². The van der Waals surface area contributed by atoms with Crippen LogP contribution in [0, 0.1) is 11.8 Å². The summed E-state index contributed by atoms with van der Waals surface area (Å²) in [5.41, 5.74) is 0. The molecule has 0 rings (SSSR count). The standard InChI is InChI=1S/C14H31N/c1-6-9-13(5)14(15-10-7-2)11-12(4)8-3/h12-15H,6-11H2,1-5H3. The fourth-order valence-corrected chi connectivity index (χ4v) is 2.10. The van der Waals surface area contributed by atoms with Gasteiger partial charge in [-0.1, -0.05) is 47.5 Å². The average Bonchev–Trinajstić information content (AvgIpc) is 2.24. The van der Waals surface area contributed by atoms with Gasteiger partial charge in [0.15, 0.2) is 0 Å². The zero-order valence-corrected chi connectivity index (χ0v) is 11.5. The Morgan fingerprint density at radius 2 is 1.67 bits per heavy atom. The van der Waals surface area contributed by atoms with Crippen molar-refractivity contribution in [2.24, 2.45) is 11.8 Å². The van der Waals surface area contributed by atoms with Crippen LogP contribution in [-0.4, -0.2) is 12.6 Å². The lowest BCUT2D eigenvalue weighted by atomic mass is 9.88. The van der Waals surface area contributed by atoms with E-state index in [4.69, 9.17) is 0 Å². The molecule has 92 valence electrons. The molecule has 0 saturated heterocycles. The molecule has 0 aliphatic heterocycles. The van der Waals surface area contributed by atoms with Gasteiger partial charge in [-0.15, -0.1) is 0 Å². The van der Waals surface area contributed by atoms with E-state index in [1.165, 1.54) is 38.6 Å². The largest absolute Gasteiger partial charge is 0.314 e. The van der Waals surface area contributed by atoms with Gasteiger partial charge < -0.3 is 5.32 Å². The number of hydrogen-bond donors (Lipinski definition) is 1. The summed E-state index contributed by atoms with van der Waals surface area (Å²) in [7, 11) is 0. The van der Waals surface area contributed by atoms with Crippen molar-refractivity contribution in [2.75, 3.05) is 6.54 Å². The Labute approximate surface area is 97.0 Å². The molecule has 3 unspecified atom stereocenters. The average molecular weight is 213 g/mol. The number of rotatable bonds is 9. The predicted octanol–water partition coefficient (Wildman–Crippen LogP) is 4.23. The second-order valence-corrected chi connectivity index (χ2v) is 5.08. The molecular weight excluding hydrogens is 182 g/mol. The zero-order valence-electron chi connectivity index (χ0n) is 11.5. The van der Waals surface area contributed by atoms with Crippen LogP contribution < -0.4 is 5.32 Å². The third-order valence-corrected chi connectivity index (χ3v) is 3.44. The summed E-state index contributed by atoms with van der Waals surface area (Å²) < 4.78 is 0. The molecule has 0 spiro atoms. The second-order valence-electron chi connectivity index (χ2n) is 5.08. The van der Waals surface area contributed by atoms with Crippen LogP contribution >= 0.6 is 0 Å². The van der Waals surface area contributed by atoms with Gasteiger partial charge in [0.2, 0.25) is 0 Å². The van der Waals surface area contributed by atoms with Gasteiger partial charge in [0.05, 0.1) is 0 Å². The van der Waals surface area contributed by atoms with E-state index in [1.807, 2.05) is 0 Å². The molecule has 0 aliphatic rings. The summed E-state index contributed by atoms with van der Waals surface area (Å²) in [5, 5.41) is 3.72. The fraction of sp³-hybridized carbons (Fsp3) is 1.00. The normalized spacial score (nSPS) is 17.4. The van der Waals surface area contributed by atoms with Crippen LogP contribution in [0.4, 0.5) is 0 Å². The molecule has 0 bridgehead atoms. The van der Waals surface area contributed by atoms with Gasteiger partial charge >= 0.3 is 0 Å². The summed E-state index contributed by atoms with van der Waals surface area (Å²) in [4.78, 5) is 0. The molecular formula is C14H31N. The van der Waals surface area contributed by atoms with Crippen molar-refractivity contribution in [1.29, 1.82) is 0 Å². The third-order valence-electron chi connectivity index (χ3n) is 3.44. The molecule has 0 aromatic carbocycles. The van der Waals surface area contributed by atoms with Crippen molar-refractivity contribution in [1.82, 2.24) is 5.32 Å². The van der Waals surface area contributed by atoms with Gasteiger partial charge in [-0.05, 0) is 37.6 Å². The quantitative estimate of drug-likeness (QED) is 0.604.